The van der Waals surface area contributed by atoms with Crippen molar-refractivity contribution in [3.63, 3.8) is 0 Å². The zero-order chi connectivity index (χ0) is 15.7. The van der Waals surface area contributed by atoms with Crippen LogP contribution in [0.25, 0.3) is 0 Å². The summed E-state index contributed by atoms with van der Waals surface area (Å²) in [4.78, 5) is 11.7. The summed E-state index contributed by atoms with van der Waals surface area (Å²) in [5, 5.41) is 0. The number of para-hydroxylation sites is 1. The number of fused-ring (bicyclic) bond motifs is 1. The van der Waals surface area contributed by atoms with Crippen molar-refractivity contribution in [2.24, 2.45) is 0 Å². The molecule has 4 heteroatoms. The van der Waals surface area contributed by atoms with Crippen molar-refractivity contribution in [3.05, 3.63) is 23.8 Å². The normalized spacial score (nSPS) is 16.0. The fourth-order valence-electron chi connectivity index (χ4n) is 2.34. The molecule has 0 spiro atoms. The second kappa shape index (κ2) is 5.58. The first-order valence-corrected chi connectivity index (χ1v) is 7.32. The molecule has 0 radical (unpaired) electrons. The molecule has 0 atom stereocenters. The Morgan fingerprint density at radius 3 is 2.71 bits per heavy atom. The minimum absolute atomic E-state index is 0.201. The molecule has 2 rings (SSSR count). The summed E-state index contributed by atoms with van der Waals surface area (Å²) in [5.41, 5.74) is 0.486. The van der Waals surface area contributed by atoms with Crippen LogP contribution < -0.4 is 9.47 Å². The Balaban J connectivity index is 1.91. The molecule has 0 bridgehead atoms. The van der Waals surface area contributed by atoms with Gasteiger partial charge in [0.2, 0.25) is 0 Å². The van der Waals surface area contributed by atoms with Gasteiger partial charge in [0.05, 0.1) is 13.0 Å². The van der Waals surface area contributed by atoms with Crippen LogP contribution in [-0.2, 0) is 16.0 Å². The number of carbonyl (C=O) groups excluding carboxylic acids is 1. The molecule has 4 nitrogen and oxygen atoms in total. The van der Waals surface area contributed by atoms with Gasteiger partial charge in [0.15, 0.2) is 11.5 Å². The lowest BCUT2D eigenvalue weighted by atomic mass is 10.0. The third-order valence-corrected chi connectivity index (χ3v) is 3.04. The van der Waals surface area contributed by atoms with Crippen LogP contribution in [0.2, 0.25) is 0 Å². The van der Waals surface area contributed by atoms with Crippen molar-refractivity contribution in [2.75, 3.05) is 6.61 Å². The molecule has 0 saturated heterocycles. The lowest BCUT2D eigenvalue weighted by Gasteiger charge is -2.20. The molecule has 0 amide bonds. The molecule has 0 aliphatic carbocycles. The van der Waals surface area contributed by atoms with Gasteiger partial charge in [0, 0.05) is 12.0 Å². The van der Waals surface area contributed by atoms with E-state index < -0.39 is 5.60 Å². The van der Waals surface area contributed by atoms with Gasteiger partial charge in [-0.25, -0.2) is 0 Å². The van der Waals surface area contributed by atoms with Gasteiger partial charge in [0.1, 0.15) is 11.2 Å². The Morgan fingerprint density at radius 2 is 2.05 bits per heavy atom. The lowest BCUT2D eigenvalue weighted by Crippen LogP contribution is -2.25. The first kappa shape index (κ1) is 15.7. The van der Waals surface area contributed by atoms with Crippen molar-refractivity contribution < 1.29 is 19.0 Å². The van der Waals surface area contributed by atoms with Crippen LogP contribution in [0.5, 0.6) is 11.5 Å². The molecule has 0 aromatic heterocycles. The fourth-order valence-corrected chi connectivity index (χ4v) is 2.34. The van der Waals surface area contributed by atoms with E-state index in [4.69, 9.17) is 14.2 Å². The molecule has 0 saturated carbocycles. The van der Waals surface area contributed by atoms with Crippen LogP contribution >= 0.6 is 0 Å². The Bertz CT molecular complexity index is 526. The molecule has 0 unspecified atom stereocenters. The van der Waals surface area contributed by atoms with Crippen molar-refractivity contribution in [3.8, 4) is 11.5 Å². The molecular formula is C17H24O4. The first-order chi connectivity index (χ1) is 9.66. The molecular weight excluding hydrogens is 268 g/mol. The maximum absolute atomic E-state index is 11.7. The van der Waals surface area contributed by atoms with E-state index in [1.165, 1.54) is 0 Å². The van der Waals surface area contributed by atoms with Crippen molar-refractivity contribution in [2.45, 2.75) is 58.7 Å². The first-order valence-electron chi connectivity index (χ1n) is 7.32. The summed E-state index contributed by atoms with van der Waals surface area (Å²) in [5.74, 6) is 1.24. The number of esters is 1. The number of benzene rings is 1. The molecule has 0 fully saturated rings. The summed E-state index contributed by atoms with van der Waals surface area (Å²) in [7, 11) is 0. The zero-order valence-electron chi connectivity index (χ0n) is 13.5. The molecule has 0 N–H and O–H groups in total. The van der Waals surface area contributed by atoms with E-state index in [-0.39, 0.29) is 24.6 Å². The van der Waals surface area contributed by atoms with Crippen LogP contribution in [0, 0.1) is 0 Å². The van der Waals surface area contributed by atoms with Gasteiger partial charge >= 0.3 is 5.97 Å². The molecule has 116 valence electrons. The Hall–Kier alpha value is -1.71. The summed E-state index contributed by atoms with van der Waals surface area (Å²) >= 11 is 0. The smallest absolute Gasteiger partial charge is 0.309 e. The highest BCUT2D eigenvalue weighted by molar-refractivity contribution is 5.70. The van der Waals surface area contributed by atoms with Gasteiger partial charge in [-0.2, -0.15) is 0 Å². The van der Waals surface area contributed by atoms with Crippen LogP contribution in [0.4, 0.5) is 0 Å². The van der Waals surface area contributed by atoms with Crippen molar-refractivity contribution in [1.29, 1.82) is 0 Å². The van der Waals surface area contributed by atoms with E-state index in [1.807, 2.05) is 39.0 Å². The lowest BCUT2D eigenvalue weighted by molar-refractivity contribution is -0.155. The maximum Gasteiger partial charge on any atom is 0.309 e. The van der Waals surface area contributed by atoms with E-state index in [2.05, 4.69) is 13.8 Å². The Kier molecular flexibility index (Phi) is 4.17. The second-order valence-corrected chi connectivity index (χ2v) is 6.97. The summed E-state index contributed by atoms with van der Waals surface area (Å²) < 4.78 is 16.9. The third-order valence-electron chi connectivity index (χ3n) is 3.04. The van der Waals surface area contributed by atoms with Gasteiger partial charge in [-0.3, -0.25) is 4.79 Å². The van der Waals surface area contributed by atoms with Gasteiger partial charge < -0.3 is 14.2 Å². The summed E-state index contributed by atoms with van der Waals surface area (Å²) in [6.07, 6.45) is 1.09. The van der Waals surface area contributed by atoms with Crippen LogP contribution in [0.1, 0.15) is 46.6 Å². The SMILES string of the molecule is CC(C)(C)OC(=O)CCOc1cccc2c1OC(C)(C)C2. The van der Waals surface area contributed by atoms with Crippen LogP contribution in [0.3, 0.4) is 0 Å². The highest BCUT2D eigenvalue weighted by Gasteiger charge is 2.32. The van der Waals surface area contributed by atoms with E-state index in [0.29, 0.717) is 5.75 Å². The summed E-state index contributed by atoms with van der Waals surface area (Å²) in [6.45, 7) is 9.95. The zero-order valence-corrected chi connectivity index (χ0v) is 13.5. The predicted molar refractivity (Wildman–Crippen MR) is 80.8 cm³/mol. The topological polar surface area (TPSA) is 44.8 Å². The van der Waals surface area contributed by atoms with Crippen molar-refractivity contribution >= 4 is 5.97 Å². The molecule has 21 heavy (non-hydrogen) atoms. The number of hydrogen-bond acceptors (Lipinski definition) is 4. The largest absolute Gasteiger partial charge is 0.489 e. The average Bonchev–Trinajstić information content (AvgIpc) is 2.61. The van der Waals surface area contributed by atoms with E-state index in [9.17, 15) is 4.79 Å². The Labute approximate surface area is 126 Å². The van der Waals surface area contributed by atoms with Crippen LogP contribution in [0.15, 0.2) is 18.2 Å². The third kappa shape index (κ3) is 4.38. The van der Waals surface area contributed by atoms with Gasteiger partial charge in [-0.05, 0) is 40.7 Å². The molecule has 1 aliphatic rings. The van der Waals surface area contributed by atoms with Gasteiger partial charge in [-0.1, -0.05) is 12.1 Å². The predicted octanol–water partition coefficient (Wildman–Crippen LogP) is 3.51. The van der Waals surface area contributed by atoms with E-state index >= 15 is 0 Å². The number of rotatable bonds is 4. The number of carbonyl (C=O) groups is 1. The van der Waals surface area contributed by atoms with Crippen molar-refractivity contribution in [1.82, 2.24) is 0 Å². The highest BCUT2D eigenvalue weighted by atomic mass is 16.6. The minimum Gasteiger partial charge on any atom is -0.489 e. The minimum atomic E-state index is -0.460. The second-order valence-electron chi connectivity index (χ2n) is 6.97. The van der Waals surface area contributed by atoms with Crippen LogP contribution in [-0.4, -0.2) is 23.8 Å². The van der Waals surface area contributed by atoms with Gasteiger partial charge in [0.25, 0.3) is 0 Å². The van der Waals surface area contributed by atoms with E-state index in [0.717, 1.165) is 17.7 Å². The standard InChI is InChI=1S/C17H24O4/c1-16(2,3)20-14(18)9-10-19-13-8-6-7-12-11-17(4,5)21-15(12)13/h6-8H,9-11H2,1-5H3. The van der Waals surface area contributed by atoms with E-state index in [1.54, 1.807) is 0 Å². The average molecular weight is 292 g/mol. The molecule has 1 aromatic carbocycles. The monoisotopic (exact) mass is 292 g/mol. The summed E-state index contributed by atoms with van der Waals surface area (Å²) in [6, 6.07) is 5.87. The highest BCUT2D eigenvalue weighted by Crippen LogP contribution is 2.41. The molecule has 1 heterocycles. The van der Waals surface area contributed by atoms with Gasteiger partial charge in [-0.15, -0.1) is 0 Å². The fraction of sp³-hybridized carbons (Fsp3) is 0.588. The number of hydrogen-bond donors (Lipinski definition) is 0. The maximum atomic E-state index is 11.7. The molecule has 1 aromatic rings. The number of ether oxygens (including phenoxy) is 3. The molecule has 1 aliphatic heterocycles. The Morgan fingerprint density at radius 1 is 1.33 bits per heavy atom. The quantitative estimate of drug-likeness (QED) is 0.797.